The van der Waals surface area contributed by atoms with Crippen molar-refractivity contribution in [2.24, 2.45) is 0 Å². The summed E-state index contributed by atoms with van der Waals surface area (Å²) in [4.78, 5) is 24.0. The van der Waals surface area contributed by atoms with Gasteiger partial charge in [0.1, 0.15) is 5.75 Å². The molecule has 2 aromatic carbocycles. The van der Waals surface area contributed by atoms with Gasteiger partial charge in [0, 0.05) is 5.56 Å². The molecule has 0 saturated heterocycles. The first-order valence-corrected chi connectivity index (χ1v) is 8.19. The molecule has 8 heteroatoms. The topological polar surface area (TPSA) is 85.9 Å². The van der Waals surface area contributed by atoms with Crippen molar-refractivity contribution in [2.45, 2.75) is 13.8 Å². The number of carbonyl (C=O) groups is 2. The highest BCUT2D eigenvalue weighted by atomic mass is 35.5. The van der Waals surface area contributed by atoms with E-state index in [1.165, 1.54) is 12.1 Å². The Morgan fingerprint density at radius 2 is 1.81 bits per heavy atom. The second kappa shape index (κ2) is 7.53. The predicted molar refractivity (Wildman–Crippen MR) is 94.6 cm³/mol. The maximum atomic E-state index is 12.1. The van der Waals surface area contributed by atoms with E-state index in [0.29, 0.717) is 17.2 Å². The minimum absolute atomic E-state index is 0.0482. The molecule has 0 unspecified atom stereocenters. The number of amides is 2. The first-order valence-electron chi connectivity index (χ1n) is 7.82. The average Bonchev–Trinajstić information content (AvgIpc) is 3.06. The standard InChI is InChI=1S/C18H17ClN2O5/c1-10-3-11(2)5-13(4-10)24-8-16(22)20-21-18(23)12-6-14(19)17-15(7-12)25-9-26-17/h3-7H,8-9H2,1-2H3,(H,20,22)(H,21,23). The molecular weight excluding hydrogens is 360 g/mol. The molecule has 3 rings (SSSR count). The number of benzene rings is 2. The van der Waals surface area contributed by atoms with E-state index in [1.54, 1.807) is 0 Å². The summed E-state index contributed by atoms with van der Waals surface area (Å²) in [5.41, 5.74) is 6.89. The Morgan fingerprint density at radius 3 is 2.54 bits per heavy atom. The third-order valence-electron chi connectivity index (χ3n) is 3.57. The Balaban J connectivity index is 1.53. The molecule has 7 nitrogen and oxygen atoms in total. The van der Waals surface area contributed by atoms with Crippen molar-refractivity contribution in [2.75, 3.05) is 13.4 Å². The summed E-state index contributed by atoms with van der Waals surface area (Å²) in [6.07, 6.45) is 0. The second-order valence-corrected chi connectivity index (χ2v) is 6.21. The number of halogens is 1. The van der Waals surface area contributed by atoms with Crippen LogP contribution in [0.5, 0.6) is 17.2 Å². The molecule has 1 aliphatic heterocycles. The SMILES string of the molecule is Cc1cc(C)cc(OCC(=O)NNC(=O)c2cc(Cl)c3c(c2)OCO3)c1. The molecular formula is C18H17ClN2O5. The van der Waals surface area contributed by atoms with Crippen LogP contribution in [-0.4, -0.2) is 25.2 Å². The molecule has 2 aromatic rings. The van der Waals surface area contributed by atoms with Gasteiger partial charge in [0.15, 0.2) is 18.1 Å². The van der Waals surface area contributed by atoms with Crippen molar-refractivity contribution in [1.29, 1.82) is 0 Å². The number of nitrogens with one attached hydrogen (secondary N) is 2. The van der Waals surface area contributed by atoms with Gasteiger partial charge in [-0.15, -0.1) is 0 Å². The number of hydrogen-bond acceptors (Lipinski definition) is 5. The van der Waals surface area contributed by atoms with Crippen LogP contribution in [0.25, 0.3) is 0 Å². The molecule has 0 aliphatic carbocycles. The zero-order chi connectivity index (χ0) is 18.7. The fourth-order valence-electron chi connectivity index (χ4n) is 2.50. The molecule has 2 amide bonds. The lowest BCUT2D eigenvalue weighted by Crippen LogP contribution is -2.43. The van der Waals surface area contributed by atoms with Crippen LogP contribution in [0.1, 0.15) is 21.5 Å². The van der Waals surface area contributed by atoms with E-state index in [4.69, 9.17) is 25.8 Å². The number of ether oxygens (including phenoxy) is 3. The van der Waals surface area contributed by atoms with Gasteiger partial charge in [0.2, 0.25) is 6.79 Å². The molecule has 1 heterocycles. The minimum Gasteiger partial charge on any atom is -0.484 e. The molecule has 0 saturated carbocycles. The van der Waals surface area contributed by atoms with Gasteiger partial charge in [-0.1, -0.05) is 17.7 Å². The Bertz CT molecular complexity index is 849. The maximum Gasteiger partial charge on any atom is 0.276 e. The third kappa shape index (κ3) is 4.18. The summed E-state index contributed by atoms with van der Waals surface area (Å²) in [5, 5.41) is 0.259. The monoisotopic (exact) mass is 376 g/mol. The number of fused-ring (bicyclic) bond motifs is 1. The summed E-state index contributed by atoms with van der Waals surface area (Å²) in [6.45, 7) is 3.70. The van der Waals surface area contributed by atoms with E-state index in [0.717, 1.165) is 11.1 Å². The van der Waals surface area contributed by atoms with Crippen molar-refractivity contribution in [1.82, 2.24) is 10.9 Å². The first-order chi connectivity index (χ1) is 12.4. The van der Waals surface area contributed by atoms with E-state index < -0.39 is 11.8 Å². The van der Waals surface area contributed by atoms with Crippen molar-refractivity contribution in [3.8, 4) is 17.2 Å². The van der Waals surface area contributed by atoms with Gasteiger partial charge in [0.25, 0.3) is 11.8 Å². The number of hydrogen-bond donors (Lipinski definition) is 2. The number of hydrazine groups is 1. The molecule has 26 heavy (non-hydrogen) atoms. The van der Waals surface area contributed by atoms with Gasteiger partial charge in [-0.3, -0.25) is 20.4 Å². The van der Waals surface area contributed by atoms with Crippen LogP contribution >= 0.6 is 11.6 Å². The molecule has 0 radical (unpaired) electrons. The van der Waals surface area contributed by atoms with Crippen LogP contribution in [0, 0.1) is 13.8 Å². The molecule has 2 N–H and O–H groups in total. The Morgan fingerprint density at radius 1 is 1.08 bits per heavy atom. The van der Waals surface area contributed by atoms with Crippen LogP contribution in [0.15, 0.2) is 30.3 Å². The molecule has 0 aromatic heterocycles. The van der Waals surface area contributed by atoms with E-state index in [9.17, 15) is 9.59 Å². The van der Waals surface area contributed by atoms with E-state index in [1.807, 2.05) is 32.0 Å². The Kier molecular flexibility index (Phi) is 5.18. The zero-order valence-corrected chi connectivity index (χ0v) is 15.0. The fourth-order valence-corrected chi connectivity index (χ4v) is 2.76. The largest absolute Gasteiger partial charge is 0.484 e. The lowest BCUT2D eigenvalue weighted by atomic mass is 10.1. The van der Waals surface area contributed by atoms with E-state index in [-0.39, 0.29) is 24.0 Å². The lowest BCUT2D eigenvalue weighted by Gasteiger charge is -2.10. The first kappa shape index (κ1) is 17.9. The van der Waals surface area contributed by atoms with Crippen molar-refractivity contribution in [3.05, 3.63) is 52.0 Å². The van der Waals surface area contributed by atoms with Gasteiger partial charge in [-0.05, 0) is 49.2 Å². The Labute approximate surface area is 155 Å². The molecule has 1 aliphatic rings. The number of rotatable bonds is 4. The molecule has 136 valence electrons. The van der Waals surface area contributed by atoms with E-state index in [2.05, 4.69) is 10.9 Å². The van der Waals surface area contributed by atoms with Gasteiger partial charge in [0.05, 0.1) is 5.02 Å². The van der Waals surface area contributed by atoms with Crippen LogP contribution < -0.4 is 25.1 Å². The summed E-state index contributed by atoms with van der Waals surface area (Å²) < 4.78 is 15.8. The van der Waals surface area contributed by atoms with Crippen LogP contribution in [0.4, 0.5) is 0 Å². The zero-order valence-electron chi connectivity index (χ0n) is 14.2. The third-order valence-corrected chi connectivity index (χ3v) is 3.85. The van der Waals surface area contributed by atoms with Gasteiger partial charge in [-0.2, -0.15) is 0 Å². The summed E-state index contributed by atoms with van der Waals surface area (Å²) >= 11 is 6.03. The normalized spacial score (nSPS) is 11.8. The predicted octanol–water partition coefficient (Wildman–Crippen LogP) is 2.53. The highest BCUT2D eigenvalue weighted by Gasteiger charge is 2.20. The second-order valence-electron chi connectivity index (χ2n) is 5.81. The van der Waals surface area contributed by atoms with Crippen molar-refractivity contribution < 1.29 is 23.8 Å². The highest BCUT2D eigenvalue weighted by molar-refractivity contribution is 6.32. The number of carbonyl (C=O) groups excluding carboxylic acids is 2. The van der Waals surface area contributed by atoms with Gasteiger partial charge in [-0.25, -0.2) is 0 Å². The van der Waals surface area contributed by atoms with Crippen LogP contribution in [0.3, 0.4) is 0 Å². The van der Waals surface area contributed by atoms with Gasteiger partial charge >= 0.3 is 0 Å². The smallest absolute Gasteiger partial charge is 0.276 e. The quantitative estimate of drug-likeness (QED) is 0.801. The van der Waals surface area contributed by atoms with Gasteiger partial charge < -0.3 is 14.2 Å². The van der Waals surface area contributed by atoms with Crippen molar-refractivity contribution in [3.63, 3.8) is 0 Å². The minimum atomic E-state index is -0.537. The van der Waals surface area contributed by atoms with Crippen LogP contribution in [0.2, 0.25) is 5.02 Å². The summed E-state index contributed by atoms with van der Waals surface area (Å²) in [7, 11) is 0. The maximum absolute atomic E-state index is 12.1. The highest BCUT2D eigenvalue weighted by Crippen LogP contribution is 2.39. The van der Waals surface area contributed by atoms with Crippen molar-refractivity contribution >= 4 is 23.4 Å². The summed E-state index contributed by atoms with van der Waals surface area (Å²) in [6, 6.07) is 8.58. The number of aryl methyl sites for hydroxylation is 2. The molecule has 0 fully saturated rings. The summed E-state index contributed by atoms with van der Waals surface area (Å²) in [5.74, 6) is 0.335. The lowest BCUT2D eigenvalue weighted by molar-refractivity contribution is -0.123. The molecule has 0 bridgehead atoms. The fraction of sp³-hybridized carbons (Fsp3) is 0.222. The van der Waals surface area contributed by atoms with Crippen LogP contribution in [-0.2, 0) is 4.79 Å². The average molecular weight is 377 g/mol. The molecule has 0 atom stereocenters. The Hall–Kier alpha value is -2.93. The van der Waals surface area contributed by atoms with E-state index >= 15 is 0 Å². The molecule has 0 spiro atoms.